The van der Waals surface area contributed by atoms with Crippen LogP contribution < -0.4 is 9.80 Å². The van der Waals surface area contributed by atoms with Gasteiger partial charge in [-0.3, -0.25) is 0 Å². The first kappa shape index (κ1) is 52.0. The number of para-hydroxylation sites is 4. The fraction of sp³-hybridized carbons (Fsp3) is 0.111. The van der Waals surface area contributed by atoms with Crippen molar-refractivity contribution in [1.82, 2.24) is 18.7 Å². The molecule has 0 amide bonds. The van der Waals surface area contributed by atoms with Crippen LogP contribution in [-0.2, 0) is 30.7 Å². The summed E-state index contributed by atoms with van der Waals surface area (Å²) < 4.78 is 7.45. The summed E-state index contributed by atoms with van der Waals surface area (Å²) in [6, 6.07) is 106. The number of aromatic nitrogens is 4. The summed E-state index contributed by atoms with van der Waals surface area (Å²) in [5.74, 6) is 0. The van der Waals surface area contributed by atoms with Crippen molar-refractivity contribution in [2.75, 3.05) is 9.80 Å². The number of nitrogens with zero attached hydrogens (tertiary/aromatic N) is 5. The van der Waals surface area contributed by atoms with Gasteiger partial charge in [-0.15, -0.1) is 0 Å². The molecule has 0 aliphatic heterocycles. The van der Waals surface area contributed by atoms with E-state index in [-0.39, 0.29) is 0 Å². The van der Waals surface area contributed by atoms with E-state index in [0.29, 0.717) is 0 Å². The van der Waals surface area contributed by atoms with Gasteiger partial charge in [-0.05, 0) is 159 Å². The van der Waals surface area contributed by atoms with E-state index in [2.05, 4.69) is 341 Å². The highest BCUT2D eigenvalue weighted by molar-refractivity contribution is 6.12. The molecule has 4 heterocycles. The zero-order valence-electron chi connectivity index (χ0n) is 49.5. The molecule has 16 rings (SSSR count). The van der Waals surface area contributed by atoms with E-state index in [0.717, 1.165) is 53.4 Å². The number of hydrogen-bond donors (Lipinski definition) is 1. The van der Waals surface area contributed by atoms with Gasteiger partial charge in [-0.25, -0.2) is 0 Å². The molecule has 1 N–H and O–H groups in total. The molecule has 0 aliphatic carbocycles. The number of fused-ring (bicyclic) bond motifs is 12. The molecule has 87 heavy (non-hydrogen) atoms. The summed E-state index contributed by atoms with van der Waals surface area (Å²) >= 11 is 0. The van der Waals surface area contributed by atoms with Crippen molar-refractivity contribution >= 4 is 110 Å². The molecular formula is C81H66N6. The molecule has 0 spiro atoms. The molecule has 0 atom stereocenters. The van der Waals surface area contributed by atoms with Gasteiger partial charge in [0.15, 0.2) is 0 Å². The van der Waals surface area contributed by atoms with E-state index in [1.54, 1.807) is 0 Å². The van der Waals surface area contributed by atoms with Gasteiger partial charge in [0, 0.05) is 130 Å². The Morgan fingerprint density at radius 2 is 0.586 bits per heavy atom. The number of aromatic amines is 1. The number of nitrogens with one attached hydrogen (secondary N) is 1. The van der Waals surface area contributed by atoms with Gasteiger partial charge in [0.1, 0.15) is 0 Å². The number of rotatable bonds is 14. The molecule has 12 aromatic carbocycles. The standard InChI is InChI=1S/C81H66N6/c1-80(2,87(61-41-44-73-68(49-61)64-28-14-18-32-72(64)82-73)63-43-47-79-71(51-63)67-31-17-21-35-76(67)85(79)54-57-26-12-7-13-27-57)58-36-39-60(40-37-58)86(62-42-46-78-70(50-62)66-30-16-20-34-75(66)84(78)53-56-24-10-6-11-25-56)81(3,4)59-38-45-77-69(48-59)65-29-15-19-33-74(65)83(77)52-55-22-8-5-9-23-55/h5-51,82H,52-54H2,1-4H3. The van der Waals surface area contributed by atoms with E-state index in [9.17, 15) is 0 Å². The van der Waals surface area contributed by atoms with Crippen molar-refractivity contribution in [1.29, 1.82) is 0 Å². The highest BCUT2D eigenvalue weighted by atomic mass is 15.2. The van der Waals surface area contributed by atoms with Gasteiger partial charge in [0.05, 0.1) is 11.1 Å². The second kappa shape index (κ2) is 20.6. The quantitative estimate of drug-likeness (QED) is 0.118. The summed E-state index contributed by atoms with van der Waals surface area (Å²) in [6.07, 6.45) is 0. The maximum absolute atomic E-state index is 3.70. The molecule has 6 nitrogen and oxygen atoms in total. The van der Waals surface area contributed by atoms with Crippen LogP contribution >= 0.6 is 0 Å². The summed E-state index contributed by atoms with van der Waals surface area (Å²) in [5.41, 5.74) is 19.3. The molecule has 6 heteroatoms. The molecule has 0 saturated carbocycles. The maximum atomic E-state index is 3.70. The number of H-pyrrole nitrogens is 1. The van der Waals surface area contributed by atoms with Crippen molar-refractivity contribution in [2.24, 2.45) is 0 Å². The van der Waals surface area contributed by atoms with E-state index >= 15 is 0 Å². The third-order valence-electron chi connectivity index (χ3n) is 18.8. The molecule has 0 aliphatic rings. The van der Waals surface area contributed by atoms with Crippen LogP contribution in [0.25, 0.3) is 87.2 Å². The van der Waals surface area contributed by atoms with Crippen LogP contribution in [0.2, 0.25) is 0 Å². The Labute approximate surface area is 507 Å². The van der Waals surface area contributed by atoms with Crippen molar-refractivity contribution in [2.45, 2.75) is 58.4 Å². The lowest BCUT2D eigenvalue weighted by atomic mass is 9.88. The molecule has 0 unspecified atom stereocenters. The van der Waals surface area contributed by atoms with E-state index in [1.165, 1.54) is 104 Å². The monoisotopic (exact) mass is 1120 g/mol. The zero-order chi connectivity index (χ0) is 58.4. The highest BCUT2D eigenvalue weighted by Crippen LogP contribution is 2.47. The summed E-state index contributed by atoms with van der Waals surface area (Å²) in [5, 5.41) is 9.91. The van der Waals surface area contributed by atoms with Crippen molar-refractivity contribution < 1.29 is 0 Å². The first-order valence-electron chi connectivity index (χ1n) is 30.5. The lowest BCUT2D eigenvalue weighted by Crippen LogP contribution is -2.39. The Bertz CT molecular complexity index is 5250. The fourth-order valence-corrected chi connectivity index (χ4v) is 14.4. The lowest BCUT2D eigenvalue weighted by molar-refractivity contribution is 0.531. The normalized spacial score (nSPS) is 12.3. The largest absolute Gasteiger partial charge is 0.355 e. The third-order valence-corrected chi connectivity index (χ3v) is 18.8. The molecule has 0 radical (unpaired) electrons. The third kappa shape index (κ3) is 8.77. The number of anilines is 4. The van der Waals surface area contributed by atoms with E-state index < -0.39 is 11.1 Å². The van der Waals surface area contributed by atoms with Gasteiger partial charge < -0.3 is 28.5 Å². The Morgan fingerprint density at radius 1 is 0.264 bits per heavy atom. The van der Waals surface area contributed by atoms with Gasteiger partial charge in [-0.1, -0.05) is 182 Å². The molecule has 4 aromatic heterocycles. The topological polar surface area (TPSA) is 37.1 Å². The average Bonchev–Trinajstić information content (AvgIpc) is 1.81. The van der Waals surface area contributed by atoms with Crippen LogP contribution in [-0.4, -0.2) is 18.7 Å². The van der Waals surface area contributed by atoms with Gasteiger partial charge in [0.2, 0.25) is 0 Å². The van der Waals surface area contributed by atoms with Crippen molar-refractivity contribution in [3.63, 3.8) is 0 Å². The van der Waals surface area contributed by atoms with Gasteiger partial charge in [-0.2, -0.15) is 0 Å². The minimum Gasteiger partial charge on any atom is -0.355 e. The van der Waals surface area contributed by atoms with Crippen LogP contribution in [0.1, 0.15) is 55.5 Å². The Hall–Kier alpha value is -10.6. The summed E-state index contributed by atoms with van der Waals surface area (Å²) in [4.78, 5) is 8.85. The Kier molecular flexibility index (Phi) is 12.3. The summed E-state index contributed by atoms with van der Waals surface area (Å²) in [6.45, 7) is 11.9. The molecule has 16 aromatic rings. The SMILES string of the molecule is CC(C)(c1ccc(N(c2ccc3c(c2)c2ccccc2n3Cc2ccccc2)C(C)(C)c2ccc3c(c2)c2ccccc2n3Cc2ccccc2)cc1)N(c1ccc2[nH]c3ccccc3c2c1)c1ccc2c(c1)c1ccccc1n2Cc1ccccc1. The predicted octanol–water partition coefficient (Wildman–Crippen LogP) is 20.9. The summed E-state index contributed by atoms with van der Waals surface area (Å²) in [7, 11) is 0. The second-order valence-electron chi connectivity index (χ2n) is 24.6. The van der Waals surface area contributed by atoms with Gasteiger partial charge >= 0.3 is 0 Å². The molecular weight excluding hydrogens is 1060 g/mol. The maximum Gasteiger partial charge on any atom is 0.0646 e. The van der Waals surface area contributed by atoms with Crippen LogP contribution in [0.4, 0.5) is 22.7 Å². The van der Waals surface area contributed by atoms with E-state index in [1.807, 2.05) is 0 Å². The Morgan fingerprint density at radius 3 is 1.07 bits per heavy atom. The average molecular weight is 1120 g/mol. The van der Waals surface area contributed by atoms with Gasteiger partial charge in [0.25, 0.3) is 0 Å². The zero-order valence-corrected chi connectivity index (χ0v) is 49.5. The second-order valence-corrected chi connectivity index (χ2v) is 24.6. The first-order valence-corrected chi connectivity index (χ1v) is 30.5. The van der Waals surface area contributed by atoms with E-state index in [4.69, 9.17) is 0 Å². The number of hydrogen-bond acceptors (Lipinski definition) is 2. The highest BCUT2D eigenvalue weighted by Gasteiger charge is 2.35. The molecule has 0 bridgehead atoms. The lowest BCUT2D eigenvalue weighted by Gasteiger charge is -2.43. The molecule has 0 saturated heterocycles. The van der Waals surface area contributed by atoms with Crippen molar-refractivity contribution in [3.05, 3.63) is 313 Å². The Balaban J connectivity index is 0.853. The van der Waals surface area contributed by atoms with Crippen LogP contribution in [0, 0.1) is 0 Å². The van der Waals surface area contributed by atoms with Crippen molar-refractivity contribution in [3.8, 4) is 0 Å². The molecule has 0 fully saturated rings. The van der Waals surface area contributed by atoms with Crippen LogP contribution in [0.5, 0.6) is 0 Å². The number of benzene rings is 12. The fourth-order valence-electron chi connectivity index (χ4n) is 14.4. The molecule has 420 valence electrons. The minimum atomic E-state index is -0.548. The minimum absolute atomic E-state index is 0.542. The van der Waals surface area contributed by atoms with Crippen LogP contribution in [0.3, 0.4) is 0 Å². The van der Waals surface area contributed by atoms with Crippen LogP contribution in [0.15, 0.2) is 285 Å². The smallest absolute Gasteiger partial charge is 0.0646 e. The predicted molar refractivity (Wildman–Crippen MR) is 368 cm³/mol. The first-order chi connectivity index (χ1) is 42.6.